The second-order valence-electron chi connectivity index (χ2n) is 5.45. The average molecular weight is 265 g/mol. The minimum absolute atomic E-state index is 0.000413. The fourth-order valence-electron chi connectivity index (χ4n) is 1.93. The Morgan fingerprint density at radius 1 is 1.37 bits per heavy atom. The molecule has 4 heteroatoms. The van der Waals surface area contributed by atoms with E-state index in [0.29, 0.717) is 31.0 Å². The standard InChI is InChI=1S/C15H23NO3/c1-12(17)13-7-5-6-8-14(13)19-10-9-16(4)11-15(2,3)18/h5-8,18H,9-11H2,1-4H3. The minimum atomic E-state index is -0.716. The largest absolute Gasteiger partial charge is 0.491 e. The lowest BCUT2D eigenvalue weighted by atomic mass is 10.1. The molecule has 0 atom stereocenters. The molecule has 0 aliphatic heterocycles. The molecule has 0 saturated heterocycles. The molecule has 1 aromatic rings. The van der Waals surface area contributed by atoms with Gasteiger partial charge in [0.2, 0.25) is 0 Å². The molecule has 0 aliphatic carbocycles. The summed E-state index contributed by atoms with van der Waals surface area (Å²) in [4.78, 5) is 13.4. The van der Waals surface area contributed by atoms with Gasteiger partial charge in [-0.25, -0.2) is 0 Å². The number of carbonyl (C=O) groups excluding carboxylic acids is 1. The maximum atomic E-state index is 11.4. The fourth-order valence-corrected chi connectivity index (χ4v) is 1.93. The first-order valence-electron chi connectivity index (χ1n) is 6.43. The number of Topliss-reactive ketones (excluding diaryl/α,β-unsaturated/α-hetero) is 1. The Labute approximate surface area is 115 Å². The van der Waals surface area contributed by atoms with E-state index in [1.54, 1.807) is 26.0 Å². The van der Waals surface area contributed by atoms with Crippen molar-refractivity contribution in [2.45, 2.75) is 26.4 Å². The lowest BCUT2D eigenvalue weighted by molar-refractivity contribution is 0.0411. The first-order valence-corrected chi connectivity index (χ1v) is 6.43. The van der Waals surface area contributed by atoms with Crippen molar-refractivity contribution < 1.29 is 14.6 Å². The van der Waals surface area contributed by atoms with Crippen LogP contribution in [0.3, 0.4) is 0 Å². The van der Waals surface area contributed by atoms with Crippen molar-refractivity contribution in [3.05, 3.63) is 29.8 Å². The van der Waals surface area contributed by atoms with Gasteiger partial charge in [0.05, 0.1) is 11.2 Å². The minimum Gasteiger partial charge on any atom is -0.491 e. The van der Waals surface area contributed by atoms with Crippen molar-refractivity contribution in [3.8, 4) is 5.75 Å². The van der Waals surface area contributed by atoms with Gasteiger partial charge in [-0.1, -0.05) is 12.1 Å². The number of nitrogens with zero attached hydrogens (tertiary/aromatic N) is 1. The molecule has 0 amide bonds. The molecule has 1 N–H and O–H groups in total. The molecule has 0 bridgehead atoms. The Morgan fingerprint density at radius 3 is 2.58 bits per heavy atom. The van der Waals surface area contributed by atoms with Gasteiger partial charge in [-0.05, 0) is 40.0 Å². The molecule has 4 nitrogen and oxygen atoms in total. The normalized spacial score (nSPS) is 11.7. The summed E-state index contributed by atoms with van der Waals surface area (Å²) in [5, 5.41) is 9.69. The molecule has 1 rings (SSSR count). The first kappa shape index (κ1) is 15.7. The SMILES string of the molecule is CC(=O)c1ccccc1OCCN(C)CC(C)(C)O. The van der Waals surface area contributed by atoms with E-state index in [1.807, 2.05) is 24.1 Å². The zero-order valence-corrected chi connectivity index (χ0v) is 12.1. The van der Waals surface area contributed by atoms with Crippen LogP contribution in [0.25, 0.3) is 0 Å². The van der Waals surface area contributed by atoms with Crippen molar-refractivity contribution in [1.82, 2.24) is 4.90 Å². The third-order valence-electron chi connectivity index (χ3n) is 2.65. The van der Waals surface area contributed by atoms with Gasteiger partial charge in [0.25, 0.3) is 0 Å². The number of carbonyl (C=O) groups is 1. The smallest absolute Gasteiger partial charge is 0.163 e. The Bertz CT molecular complexity index is 424. The molecular formula is C15H23NO3. The van der Waals surface area contributed by atoms with Crippen LogP contribution in [-0.4, -0.2) is 48.1 Å². The predicted octanol–water partition coefficient (Wildman–Crippen LogP) is 1.97. The summed E-state index contributed by atoms with van der Waals surface area (Å²) in [6, 6.07) is 7.23. The molecular weight excluding hydrogens is 242 g/mol. The summed E-state index contributed by atoms with van der Waals surface area (Å²) in [5.74, 6) is 0.618. The van der Waals surface area contributed by atoms with E-state index in [9.17, 15) is 9.90 Å². The number of rotatable bonds is 7. The van der Waals surface area contributed by atoms with E-state index in [2.05, 4.69) is 0 Å². The average Bonchev–Trinajstić information content (AvgIpc) is 2.27. The van der Waals surface area contributed by atoms with Gasteiger partial charge in [-0.3, -0.25) is 4.79 Å². The van der Waals surface area contributed by atoms with E-state index in [1.165, 1.54) is 6.92 Å². The van der Waals surface area contributed by atoms with Gasteiger partial charge < -0.3 is 14.7 Å². The topological polar surface area (TPSA) is 49.8 Å². The summed E-state index contributed by atoms with van der Waals surface area (Å²) in [6.07, 6.45) is 0. The number of aliphatic hydroxyl groups is 1. The summed E-state index contributed by atoms with van der Waals surface area (Å²) in [5.41, 5.74) is -0.112. The molecule has 0 aliphatic rings. The van der Waals surface area contributed by atoms with Crippen LogP contribution in [0.1, 0.15) is 31.1 Å². The van der Waals surface area contributed by atoms with Crippen LogP contribution in [0.5, 0.6) is 5.75 Å². The number of hydrogen-bond acceptors (Lipinski definition) is 4. The van der Waals surface area contributed by atoms with Crippen LogP contribution in [0.15, 0.2) is 24.3 Å². The molecule has 0 saturated carbocycles. The van der Waals surface area contributed by atoms with Crippen LogP contribution in [0, 0.1) is 0 Å². The van der Waals surface area contributed by atoms with Crippen LogP contribution < -0.4 is 4.74 Å². The maximum Gasteiger partial charge on any atom is 0.163 e. The van der Waals surface area contributed by atoms with Crippen molar-refractivity contribution in [2.24, 2.45) is 0 Å². The molecule has 0 spiro atoms. The van der Waals surface area contributed by atoms with Crippen molar-refractivity contribution in [1.29, 1.82) is 0 Å². The third kappa shape index (κ3) is 5.85. The zero-order chi connectivity index (χ0) is 14.5. The first-order chi connectivity index (χ1) is 8.79. The third-order valence-corrected chi connectivity index (χ3v) is 2.65. The molecule has 1 aromatic carbocycles. The lowest BCUT2D eigenvalue weighted by Crippen LogP contribution is -2.38. The second kappa shape index (κ2) is 6.68. The molecule has 106 valence electrons. The van der Waals surface area contributed by atoms with Crippen LogP contribution in [-0.2, 0) is 0 Å². The molecule has 19 heavy (non-hydrogen) atoms. The monoisotopic (exact) mass is 265 g/mol. The Morgan fingerprint density at radius 2 is 2.00 bits per heavy atom. The highest BCUT2D eigenvalue weighted by molar-refractivity contribution is 5.96. The van der Waals surface area contributed by atoms with Crippen molar-refractivity contribution >= 4 is 5.78 Å². The number of ether oxygens (including phenoxy) is 1. The highest BCUT2D eigenvalue weighted by atomic mass is 16.5. The van der Waals surface area contributed by atoms with Crippen molar-refractivity contribution in [3.63, 3.8) is 0 Å². The van der Waals surface area contributed by atoms with E-state index in [0.717, 1.165) is 0 Å². The van der Waals surface area contributed by atoms with E-state index < -0.39 is 5.60 Å². The van der Waals surface area contributed by atoms with Gasteiger partial charge in [0.15, 0.2) is 5.78 Å². The lowest BCUT2D eigenvalue weighted by Gasteiger charge is -2.25. The van der Waals surface area contributed by atoms with E-state index >= 15 is 0 Å². The Kier molecular flexibility index (Phi) is 5.51. The van der Waals surface area contributed by atoms with Crippen LogP contribution >= 0.6 is 0 Å². The van der Waals surface area contributed by atoms with Gasteiger partial charge in [-0.15, -0.1) is 0 Å². The number of benzene rings is 1. The number of likely N-dealkylation sites (N-methyl/N-ethyl adjacent to an activating group) is 1. The Hall–Kier alpha value is -1.39. The summed E-state index contributed by atoms with van der Waals surface area (Å²) >= 11 is 0. The highest BCUT2D eigenvalue weighted by Crippen LogP contribution is 2.18. The molecule has 0 heterocycles. The highest BCUT2D eigenvalue weighted by Gasteiger charge is 2.15. The maximum absolute atomic E-state index is 11.4. The van der Waals surface area contributed by atoms with Crippen molar-refractivity contribution in [2.75, 3.05) is 26.7 Å². The molecule has 0 radical (unpaired) electrons. The van der Waals surface area contributed by atoms with Crippen LogP contribution in [0.2, 0.25) is 0 Å². The van der Waals surface area contributed by atoms with E-state index in [4.69, 9.17) is 4.74 Å². The zero-order valence-electron chi connectivity index (χ0n) is 12.1. The van der Waals surface area contributed by atoms with Gasteiger partial charge in [0, 0.05) is 13.1 Å². The molecule has 0 aromatic heterocycles. The van der Waals surface area contributed by atoms with Gasteiger partial charge in [0.1, 0.15) is 12.4 Å². The number of ketones is 1. The van der Waals surface area contributed by atoms with E-state index in [-0.39, 0.29) is 5.78 Å². The van der Waals surface area contributed by atoms with Gasteiger partial charge in [-0.2, -0.15) is 0 Å². The Balaban J connectivity index is 2.48. The summed E-state index contributed by atoms with van der Waals surface area (Å²) in [6.45, 7) is 6.82. The molecule has 0 fully saturated rings. The summed E-state index contributed by atoms with van der Waals surface area (Å²) in [7, 11) is 1.93. The van der Waals surface area contributed by atoms with Crippen LogP contribution in [0.4, 0.5) is 0 Å². The summed E-state index contributed by atoms with van der Waals surface area (Å²) < 4.78 is 5.64. The number of para-hydroxylation sites is 1. The van der Waals surface area contributed by atoms with Gasteiger partial charge >= 0.3 is 0 Å². The number of hydrogen-bond donors (Lipinski definition) is 1. The quantitative estimate of drug-likeness (QED) is 0.766. The molecule has 0 unspecified atom stereocenters. The predicted molar refractivity (Wildman–Crippen MR) is 75.7 cm³/mol. The second-order valence-corrected chi connectivity index (χ2v) is 5.45. The fraction of sp³-hybridized carbons (Fsp3) is 0.533.